The molecule has 5 atom stereocenters. The van der Waals surface area contributed by atoms with Gasteiger partial charge < -0.3 is 9.64 Å². The molecule has 1 aliphatic carbocycles. The van der Waals surface area contributed by atoms with Gasteiger partial charge in [0.1, 0.15) is 6.10 Å². The molecule has 0 saturated heterocycles. The first-order valence-electron chi connectivity index (χ1n) is 12.0. The van der Waals surface area contributed by atoms with Gasteiger partial charge in [-0.15, -0.1) is 11.6 Å². The molecule has 2 aromatic rings. The summed E-state index contributed by atoms with van der Waals surface area (Å²) in [4.78, 5) is 33.5. The summed E-state index contributed by atoms with van der Waals surface area (Å²) in [6.45, 7) is 8.94. The van der Waals surface area contributed by atoms with Crippen LogP contribution in [0.2, 0.25) is 0 Å². The number of nitrogens with zero attached hydrogens (tertiary/aromatic N) is 2. The molecule has 3 aliphatic rings. The van der Waals surface area contributed by atoms with Crippen molar-refractivity contribution in [3.05, 3.63) is 76.8 Å². The van der Waals surface area contributed by atoms with Crippen LogP contribution < -0.4 is 0 Å². The number of aromatic nitrogens is 1. The van der Waals surface area contributed by atoms with Crippen LogP contribution in [-0.2, 0) is 26.3 Å². The lowest BCUT2D eigenvalue weighted by Crippen LogP contribution is -2.44. The van der Waals surface area contributed by atoms with E-state index in [1.54, 1.807) is 17.3 Å². The van der Waals surface area contributed by atoms with Gasteiger partial charge in [-0.2, -0.15) is 0 Å². The average Bonchev–Trinajstić information content (AvgIpc) is 3.07. The van der Waals surface area contributed by atoms with Crippen molar-refractivity contribution in [2.24, 2.45) is 11.8 Å². The fraction of sp³-hybridized carbons (Fsp3) is 0.464. The monoisotopic (exact) mass is 478 g/mol. The number of ketones is 1. The van der Waals surface area contributed by atoms with Crippen LogP contribution in [0, 0.1) is 11.8 Å². The molecular weight excluding hydrogens is 448 g/mol. The third-order valence-corrected chi connectivity index (χ3v) is 8.08. The molecule has 0 radical (unpaired) electrons. The van der Waals surface area contributed by atoms with Crippen molar-refractivity contribution in [2.45, 2.75) is 70.0 Å². The molecule has 1 amide bonds. The molecule has 0 bridgehead atoms. The molecule has 1 fully saturated rings. The van der Waals surface area contributed by atoms with Gasteiger partial charge in [0.15, 0.2) is 11.5 Å². The van der Waals surface area contributed by atoms with Crippen LogP contribution in [0.4, 0.5) is 0 Å². The minimum absolute atomic E-state index is 0.00892. The Bertz CT molecular complexity index is 1140. The Morgan fingerprint density at radius 2 is 1.85 bits per heavy atom. The van der Waals surface area contributed by atoms with E-state index in [0.29, 0.717) is 25.0 Å². The summed E-state index contributed by atoms with van der Waals surface area (Å²) in [6, 6.07) is 11.6. The topological polar surface area (TPSA) is 59.5 Å². The maximum atomic E-state index is 13.9. The number of hydrogen-bond donors (Lipinski definition) is 0. The molecule has 178 valence electrons. The molecule has 6 heteroatoms. The first-order chi connectivity index (χ1) is 16.1. The Hall–Kier alpha value is -2.66. The van der Waals surface area contributed by atoms with Crippen LogP contribution in [0.15, 0.2) is 60.1 Å². The van der Waals surface area contributed by atoms with Gasteiger partial charge in [-0.25, -0.2) is 0 Å². The highest BCUT2D eigenvalue weighted by molar-refractivity contribution is 6.21. The zero-order valence-electron chi connectivity index (χ0n) is 20.1. The number of amides is 1. The van der Waals surface area contributed by atoms with Crippen molar-refractivity contribution < 1.29 is 14.3 Å². The zero-order chi connectivity index (χ0) is 24.2. The molecule has 0 N–H and O–H groups in total. The second kappa shape index (κ2) is 8.53. The van der Waals surface area contributed by atoms with Gasteiger partial charge in [-0.1, -0.05) is 58.0 Å². The number of hydrogen-bond acceptors (Lipinski definition) is 4. The van der Waals surface area contributed by atoms with Gasteiger partial charge in [0.25, 0.3) is 5.91 Å². The predicted octanol–water partition coefficient (Wildman–Crippen LogP) is 5.34. The zero-order valence-corrected chi connectivity index (χ0v) is 20.9. The standard InChI is InChI=1S/C28H31ClN2O3/c1-16-12-22-20(13-21(16)29)25(32)23-24(18-7-9-19(10-8-18)28(2,3)4)31(27(33)26(23)34-22)15-17-6-5-11-30-14-17/h5-11,14,16,20-22,24H,12-13,15H2,1-4H3. The highest BCUT2D eigenvalue weighted by Crippen LogP contribution is 2.48. The first kappa shape index (κ1) is 23.1. The number of pyridine rings is 1. The van der Waals surface area contributed by atoms with E-state index in [1.165, 1.54) is 5.56 Å². The minimum Gasteiger partial charge on any atom is -0.483 e. The highest BCUT2D eigenvalue weighted by Gasteiger charge is 2.53. The van der Waals surface area contributed by atoms with Gasteiger partial charge in [0.05, 0.1) is 17.5 Å². The summed E-state index contributed by atoms with van der Waals surface area (Å²) >= 11 is 6.57. The average molecular weight is 479 g/mol. The van der Waals surface area contributed by atoms with Gasteiger partial charge in [-0.05, 0) is 46.9 Å². The first-order valence-corrected chi connectivity index (χ1v) is 12.5. The molecule has 1 saturated carbocycles. The minimum atomic E-state index is -0.488. The third-order valence-electron chi connectivity index (χ3n) is 7.47. The van der Waals surface area contributed by atoms with Crippen molar-refractivity contribution in [3.63, 3.8) is 0 Å². The normalized spacial score (nSPS) is 29.1. The van der Waals surface area contributed by atoms with Gasteiger partial charge in [-0.3, -0.25) is 14.6 Å². The van der Waals surface area contributed by atoms with Crippen molar-refractivity contribution >= 4 is 23.3 Å². The van der Waals surface area contributed by atoms with Crippen LogP contribution in [0.25, 0.3) is 0 Å². The quantitative estimate of drug-likeness (QED) is 0.559. The maximum absolute atomic E-state index is 13.9. The Morgan fingerprint density at radius 3 is 2.50 bits per heavy atom. The number of fused-ring (bicyclic) bond motifs is 1. The predicted molar refractivity (Wildman–Crippen MR) is 131 cm³/mol. The Kier molecular flexibility index (Phi) is 5.79. The fourth-order valence-corrected chi connectivity index (χ4v) is 5.72. The SMILES string of the molecule is CC1CC2OC3=C(C(=O)C2CC1Cl)C(c1ccc(C(C)(C)C)cc1)N(Cc1cccnc1)C3=O. The van der Waals surface area contributed by atoms with Gasteiger partial charge >= 0.3 is 0 Å². The van der Waals surface area contributed by atoms with Crippen LogP contribution in [0.5, 0.6) is 0 Å². The molecule has 1 aromatic heterocycles. The molecule has 3 heterocycles. The molecular formula is C28H31ClN2O3. The summed E-state index contributed by atoms with van der Waals surface area (Å²) < 4.78 is 6.31. The Labute approximate surface area is 206 Å². The fourth-order valence-electron chi connectivity index (χ4n) is 5.43. The van der Waals surface area contributed by atoms with E-state index < -0.39 is 6.04 Å². The number of carbonyl (C=O) groups is 2. The van der Waals surface area contributed by atoms with E-state index in [4.69, 9.17) is 16.3 Å². The second-order valence-corrected chi connectivity index (χ2v) is 11.5. The molecule has 5 rings (SSSR count). The Balaban J connectivity index is 1.57. The van der Waals surface area contributed by atoms with Crippen molar-refractivity contribution in [1.82, 2.24) is 9.88 Å². The summed E-state index contributed by atoms with van der Waals surface area (Å²) in [7, 11) is 0. The number of benzene rings is 1. The number of Topliss-reactive ketones (excluding diaryl/α,β-unsaturated/α-hetero) is 1. The number of carbonyl (C=O) groups excluding carboxylic acids is 2. The van der Waals surface area contributed by atoms with Gasteiger partial charge in [0.2, 0.25) is 0 Å². The van der Waals surface area contributed by atoms with Crippen LogP contribution in [0.3, 0.4) is 0 Å². The van der Waals surface area contributed by atoms with E-state index in [0.717, 1.165) is 11.1 Å². The van der Waals surface area contributed by atoms with Crippen LogP contribution in [-0.4, -0.2) is 33.1 Å². The smallest absolute Gasteiger partial charge is 0.290 e. The molecule has 5 unspecified atom stereocenters. The Morgan fingerprint density at radius 1 is 1.12 bits per heavy atom. The molecule has 34 heavy (non-hydrogen) atoms. The van der Waals surface area contributed by atoms with E-state index >= 15 is 0 Å². The summed E-state index contributed by atoms with van der Waals surface area (Å²) in [5.41, 5.74) is 3.52. The van der Waals surface area contributed by atoms with E-state index in [2.05, 4.69) is 44.8 Å². The number of alkyl halides is 1. The van der Waals surface area contributed by atoms with Crippen molar-refractivity contribution in [1.29, 1.82) is 0 Å². The molecule has 2 aliphatic heterocycles. The molecule has 5 nitrogen and oxygen atoms in total. The van der Waals surface area contributed by atoms with E-state index in [1.807, 2.05) is 24.3 Å². The number of halogens is 1. The summed E-state index contributed by atoms with van der Waals surface area (Å²) in [6.07, 6.45) is 4.44. The van der Waals surface area contributed by atoms with E-state index in [-0.39, 0.29) is 46.2 Å². The lowest BCUT2D eigenvalue weighted by Gasteiger charge is -2.40. The highest BCUT2D eigenvalue weighted by atomic mass is 35.5. The number of ether oxygens (including phenoxy) is 1. The van der Waals surface area contributed by atoms with Crippen molar-refractivity contribution in [2.75, 3.05) is 0 Å². The molecule has 1 aromatic carbocycles. The lowest BCUT2D eigenvalue weighted by atomic mass is 9.74. The molecule has 0 spiro atoms. The van der Waals surface area contributed by atoms with Crippen LogP contribution in [0.1, 0.15) is 63.3 Å². The lowest BCUT2D eigenvalue weighted by molar-refractivity contribution is -0.136. The van der Waals surface area contributed by atoms with Crippen molar-refractivity contribution in [3.8, 4) is 0 Å². The summed E-state index contributed by atoms with van der Waals surface area (Å²) in [5, 5.41) is -0.0657. The van der Waals surface area contributed by atoms with E-state index in [9.17, 15) is 9.59 Å². The number of rotatable bonds is 3. The third kappa shape index (κ3) is 3.94. The second-order valence-electron chi connectivity index (χ2n) is 10.9. The van der Waals surface area contributed by atoms with Crippen LogP contribution >= 0.6 is 11.6 Å². The maximum Gasteiger partial charge on any atom is 0.290 e. The van der Waals surface area contributed by atoms with Gasteiger partial charge in [0, 0.05) is 24.3 Å². The summed E-state index contributed by atoms with van der Waals surface area (Å²) in [5.74, 6) is -0.0613. The largest absolute Gasteiger partial charge is 0.483 e.